The van der Waals surface area contributed by atoms with Gasteiger partial charge in [-0.15, -0.1) is 0 Å². The highest BCUT2D eigenvalue weighted by molar-refractivity contribution is 9.10. The number of benzene rings is 1. The molecule has 2 rings (SSSR count). The fourth-order valence-corrected chi connectivity index (χ4v) is 1.87. The third-order valence-corrected chi connectivity index (χ3v) is 2.77. The number of aromatic carboxylic acids is 1. The molecule has 0 aliphatic heterocycles. The van der Waals surface area contributed by atoms with Gasteiger partial charge in [0.05, 0.1) is 11.3 Å². The minimum Gasteiger partial charge on any atom is -0.478 e. The van der Waals surface area contributed by atoms with Crippen LogP contribution in [0.1, 0.15) is 16.2 Å². The van der Waals surface area contributed by atoms with E-state index in [1.807, 2.05) is 6.92 Å². The lowest BCUT2D eigenvalue weighted by atomic mass is 10.2. The van der Waals surface area contributed by atoms with Gasteiger partial charge in [-0.3, -0.25) is 0 Å². The van der Waals surface area contributed by atoms with Crippen molar-refractivity contribution < 1.29 is 9.90 Å². The lowest BCUT2D eigenvalue weighted by Gasteiger charge is -2.09. The van der Waals surface area contributed by atoms with E-state index in [-0.39, 0.29) is 5.56 Å². The van der Waals surface area contributed by atoms with Crippen LogP contribution >= 0.6 is 15.9 Å². The maximum Gasteiger partial charge on any atom is 0.337 e. The average Bonchev–Trinajstić information content (AvgIpc) is 2.63. The second-order valence-electron chi connectivity index (χ2n) is 3.31. The van der Waals surface area contributed by atoms with Crippen LogP contribution in [0.4, 0.5) is 0 Å². The van der Waals surface area contributed by atoms with E-state index in [4.69, 9.17) is 5.11 Å². The Balaban J connectivity index is 2.67. The summed E-state index contributed by atoms with van der Waals surface area (Å²) in [4.78, 5) is 15.2. The molecule has 0 fully saturated rings. The molecule has 82 valence electrons. The number of rotatable bonds is 2. The van der Waals surface area contributed by atoms with Gasteiger partial charge < -0.3 is 9.67 Å². The molecule has 0 saturated carbocycles. The molecule has 1 N–H and O–H groups in total. The molecule has 0 bridgehead atoms. The van der Waals surface area contributed by atoms with E-state index in [0.717, 1.165) is 10.3 Å². The minimum absolute atomic E-state index is 0.254. The van der Waals surface area contributed by atoms with E-state index in [1.165, 1.54) is 0 Å². The number of nitrogens with zero attached hydrogens (tertiary/aromatic N) is 2. The molecule has 1 aromatic heterocycles. The quantitative estimate of drug-likeness (QED) is 0.920. The summed E-state index contributed by atoms with van der Waals surface area (Å²) in [5.41, 5.74) is 0.862. The van der Waals surface area contributed by atoms with Gasteiger partial charge in [0.25, 0.3) is 0 Å². The topological polar surface area (TPSA) is 55.1 Å². The summed E-state index contributed by atoms with van der Waals surface area (Å²) < 4.78 is 2.58. The molecule has 16 heavy (non-hydrogen) atoms. The van der Waals surface area contributed by atoms with Gasteiger partial charge in [0.1, 0.15) is 5.82 Å². The van der Waals surface area contributed by atoms with Gasteiger partial charge in [0, 0.05) is 16.9 Å². The summed E-state index contributed by atoms with van der Waals surface area (Å²) in [5.74, 6) is -0.198. The van der Waals surface area contributed by atoms with E-state index in [1.54, 1.807) is 35.2 Å². The first-order valence-electron chi connectivity index (χ1n) is 4.63. The minimum atomic E-state index is -0.949. The number of halogens is 1. The molecule has 0 atom stereocenters. The van der Waals surface area contributed by atoms with E-state index in [0.29, 0.717) is 5.69 Å². The van der Waals surface area contributed by atoms with Crippen LogP contribution in [0.3, 0.4) is 0 Å². The van der Waals surface area contributed by atoms with Gasteiger partial charge in [-0.05, 0) is 25.1 Å². The molecule has 1 heterocycles. The fraction of sp³-hybridized carbons (Fsp3) is 0.0909. The smallest absolute Gasteiger partial charge is 0.337 e. The van der Waals surface area contributed by atoms with E-state index >= 15 is 0 Å². The van der Waals surface area contributed by atoms with Crippen molar-refractivity contribution >= 4 is 21.9 Å². The number of hydrogen-bond acceptors (Lipinski definition) is 2. The number of carboxylic acids is 1. The zero-order valence-electron chi connectivity index (χ0n) is 8.51. The standard InChI is InChI=1S/C11H9BrN2O2/c1-7-13-4-5-14(7)10-6-8(12)2-3-9(10)11(15)16/h2-6H,1H3,(H,15,16). The Morgan fingerprint density at radius 3 is 2.81 bits per heavy atom. The van der Waals surface area contributed by atoms with Crippen LogP contribution < -0.4 is 0 Å². The van der Waals surface area contributed by atoms with Crippen LogP contribution in [0.2, 0.25) is 0 Å². The molecule has 0 radical (unpaired) electrons. The zero-order valence-corrected chi connectivity index (χ0v) is 10.1. The summed E-state index contributed by atoms with van der Waals surface area (Å²) in [6, 6.07) is 5.04. The van der Waals surface area contributed by atoms with Crippen LogP contribution in [0.25, 0.3) is 5.69 Å². The number of aromatic nitrogens is 2. The largest absolute Gasteiger partial charge is 0.478 e. The van der Waals surface area contributed by atoms with Crippen molar-refractivity contribution in [1.82, 2.24) is 9.55 Å². The molecular formula is C11H9BrN2O2. The van der Waals surface area contributed by atoms with Crippen LogP contribution in [0, 0.1) is 6.92 Å². The van der Waals surface area contributed by atoms with Gasteiger partial charge in [-0.2, -0.15) is 0 Å². The Morgan fingerprint density at radius 1 is 1.50 bits per heavy atom. The van der Waals surface area contributed by atoms with Crippen LogP contribution in [-0.4, -0.2) is 20.6 Å². The lowest BCUT2D eigenvalue weighted by Crippen LogP contribution is -2.06. The van der Waals surface area contributed by atoms with Gasteiger partial charge in [0.2, 0.25) is 0 Å². The molecule has 4 nitrogen and oxygen atoms in total. The number of carboxylic acid groups (broad SMARTS) is 1. The summed E-state index contributed by atoms with van der Waals surface area (Å²) in [6.07, 6.45) is 3.38. The van der Waals surface area contributed by atoms with E-state index < -0.39 is 5.97 Å². The first kappa shape index (κ1) is 10.9. The van der Waals surface area contributed by atoms with Crippen LogP contribution in [0.5, 0.6) is 0 Å². The fourth-order valence-electron chi connectivity index (χ4n) is 1.52. The maximum atomic E-state index is 11.1. The molecule has 1 aromatic carbocycles. The lowest BCUT2D eigenvalue weighted by molar-refractivity contribution is 0.0697. The monoisotopic (exact) mass is 280 g/mol. The molecule has 0 saturated heterocycles. The Labute approximate surface area is 101 Å². The average molecular weight is 281 g/mol. The third-order valence-electron chi connectivity index (χ3n) is 2.28. The normalized spacial score (nSPS) is 10.4. The van der Waals surface area contributed by atoms with Gasteiger partial charge >= 0.3 is 5.97 Å². The van der Waals surface area contributed by atoms with Gasteiger partial charge in [0.15, 0.2) is 0 Å². The summed E-state index contributed by atoms with van der Waals surface area (Å²) in [6.45, 7) is 1.83. The highest BCUT2D eigenvalue weighted by Crippen LogP contribution is 2.21. The Kier molecular flexibility index (Phi) is 2.78. The molecule has 0 aliphatic rings. The molecule has 0 aliphatic carbocycles. The van der Waals surface area contributed by atoms with E-state index in [9.17, 15) is 4.79 Å². The maximum absolute atomic E-state index is 11.1. The van der Waals surface area contributed by atoms with E-state index in [2.05, 4.69) is 20.9 Å². The van der Waals surface area contributed by atoms with Gasteiger partial charge in [-0.25, -0.2) is 9.78 Å². The molecule has 0 spiro atoms. The Bertz CT molecular complexity index is 549. The first-order chi connectivity index (χ1) is 7.59. The van der Waals surface area contributed by atoms with Crippen molar-refractivity contribution in [2.45, 2.75) is 6.92 Å². The summed E-state index contributed by atoms with van der Waals surface area (Å²) >= 11 is 3.33. The van der Waals surface area contributed by atoms with Gasteiger partial charge in [-0.1, -0.05) is 15.9 Å². The van der Waals surface area contributed by atoms with Crippen molar-refractivity contribution in [3.05, 3.63) is 46.5 Å². The zero-order chi connectivity index (χ0) is 11.7. The van der Waals surface area contributed by atoms with Crippen molar-refractivity contribution in [3.63, 3.8) is 0 Å². The molecular weight excluding hydrogens is 272 g/mol. The van der Waals surface area contributed by atoms with Crippen molar-refractivity contribution in [2.24, 2.45) is 0 Å². The SMILES string of the molecule is Cc1nccn1-c1cc(Br)ccc1C(=O)O. The van der Waals surface area contributed by atoms with Crippen LogP contribution in [0.15, 0.2) is 35.1 Å². The van der Waals surface area contributed by atoms with Crippen molar-refractivity contribution in [2.75, 3.05) is 0 Å². The third kappa shape index (κ3) is 1.86. The Hall–Kier alpha value is -1.62. The number of imidazole rings is 1. The summed E-state index contributed by atoms with van der Waals surface area (Å²) in [5, 5.41) is 9.10. The second kappa shape index (κ2) is 4.09. The predicted molar refractivity (Wildman–Crippen MR) is 63.0 cm³/mol. The molecule has 2 aromatic rings. The summed E-state index contributed by atoms with van der Waals surface area (Å²) in [7, 11) is 0. The van der Waals surface area contributed by atoms with Crippen molar-refractivity contribution in [1.29, 1.82) is 0 Å². The molecule has 0 amide bonds. The first-order valence-corrected chi connectivity index (χ1v) is 5.42. The highest BCUT2D eigenvalue weighted by atomic mass is 79.9. The molecule has 0 unspecified atom stereocenters. The number of carbonyl (C=O) groups is 1. The second-order valence-corrected chi connectivity index (χ2v) is 4.23. The predicted octanol–water partition coefficient (Wildman–Crippen LogP) is 2.64. The van der Waals surface area contributed by atoms with Crippen LogP contribution in [-0.2, 0) is 0 Å². The number of hydrogen-bond donors (Lipinski definition) is 1. The highest BCUT2D eigenvalue weighted by Gasteiger charge is 2.12. The molecule has 5 heteroatoms. The Morgan fingerprint density at radius 2 is 2.25 bits per heavy atom. The van der Waals surface area contributed by atoms with Crippen molar-refractivity contribution in [3.8, 4) is 5.69 Å². The number of aryl methyl sites for hydroxylation is 1.